The highest BCUT2D eigenvalue weighted by atomic mass is 16.5. The van der Waals surface area contributed by atoms with Crippen LogP contribution >= 0.6 is 0 Å². The first-order valence-electron chi connectivity index (χ1n) is 6.39. The molecule has 1 saturated carbocycles. The van der Waals surface area contributed by atoms with Gasteiger partial charge in [-0.2, -0.15) is 0 Å². The Morgan fingerprint density at radius 2 is 2.22 bits per heavy atom. The van der Waals surface area contributed by atoms with Gasteiger partial charge in [-0.25, -0.2) is 4.98 Å². The van der Waals surface area contributed by atoms with E-state index < -0.39 is 0 Å². The predicted octanol–water partition coefficient (Wildman–Crippen LogP) is 1.32. The number of hydrogen-bond acceptors (Lipinski definition) is 4. The molecule has 2 bridgehead atoms. The minimum absolute atomic E-state index is 0.142. The van der Waals surface area contributed by atoms with E-state index in [1.807, 2.05) is 12.1 Å². The van der Waals surface area contributed by atoms with E-state index in [2.05, 4.69) is 4.98 Å². The number of aromatic nitrogens is 1. The van der Waals surface area contributed by atoms with Gasteiger partial charge in [-0.3, -0.25) is 4.79 Å². The van der Waals surface area contributed by atoms with E-state index in [1.54, 1.807) is 7.11 Å². The number of ketones is 1. The maximum Gasteiger partial charge on any atom is 0.213 e. The number of pyridine rings is 1. The van der Waals surface area contributed by atoms with Crippen LogP contribution in [0.15, 0.2) is 12.1 Å². The molecule has 0 radical (unpaired) electrons. The zero-order valence-electron chi connectivity index (χ0n) is 10.4. The summed E-state index contributed by atoms with van der Waals surface area (Å²) in [5.74, 6) is 1.54. The molecule has 0 aliphatic heterocycles. The van der Waals surface area contributed by atoms with Crippen LogP contribution in [0.3, 0.4) is 0 Å². The number of aliphatic hydroxyl groups excluding tert-OH is 1. The van der Waals surface area contributed by atoms with Gasteiger partial charge in [0.15, 0.2) is 0 Å². The van der Waals surface area contributed by atoms with Crippen molar-refractivity contribution >= 4 is 5.78 Å². The third kappa shape index (κ3) is 1.72. The van der Waals surface area contributed by atoms with Crippen molar-refractivity contribution < 1.29 is 14.6 Å². The van der Waals surface area contributed by atoms with E-state index in [-0.39, 0.29) is 24.4 Å². The number of carbonyl (C=O) groups excluding carboxylic acids is 1. The summed E-state index contributed by atoms with van der Waals surface area (Å²) in [5.41, 5.74) is 2.17. The Kier molecular flexibility index (Phi) is 2.82. The van der Waals surface area contributed by atoms with Gasteiger partial charge in [0.25, 0.3) is 0 Å². The molecule has 2 aliphatic rings. The fraction of sp³-hybridized carbons (Fsp3) is 0.571. The highest BCUT2D eigenvalue weighted by molar-refractivity contribution is 5.81. The molecule has 0 unspecified atom stereocenters. The van der Waals surface area contributed by atoms with Gasteiger partial charge in [-0.15, -0.1) is 0 Å². The van der Waals surface area contributed by atoms with Crippen LogP contribution in [0.1, 0.15) is 30.0 Å². The Morgan fingerprint density at radius 1 is 1.39 bits per heavy atom. The molecule has 0 spiro atoms. The number of rotatable bonds is 2. The van der Waals surface area contributed by atoms with Crippen LogP contribution in [0.4, 0.5) is 0 Å². The fourth-order valence-electron chi connectivity index (χ4n) is 3.45. The molecule has 3 rings (SSSR count). The second-order valence-electron chi connectivity index (χ2n) is 5.25. The quantitative estimate of drug-likeness (QED) is 0.856. The molecule has 0 amide bonds. The molecular formula is C14H17NO3. The molecule has 1 heterocycles. The zero-order valence-corrected chi connectivity index (χ0v) is 10.4. The monoisotopic (exact) mass is 247 g/mol. The lowest BCUT2D eigenvalue weighted by molar-refractivity contribution is -0.124. The Hall–Kier alpha value is -1.42. The van der Waals surface area contributed by atoms with E-state index in [4.69, 9.17) is 4.74 Å². The largest absolute Gasteiger partial charge is 0.481 e. The van der Waals surface area contributed by atoms with Crippen molar-refractivity contribution in [2.75, 3.05) is 13.7 Å². The number of Topliss-reactive ketones (excluding diaryl/α,β-unsaturated/α-hetero) is 1. The second-order valence-corrected chi connectivity index (χ2v) is 5.25. The van der Waals surface area contributed by atoms with Crippen molar-refractivity contribution in [3.05, 3.63) is 23.4 Å². The number of ether oxygens (including phenoxy) is 1. The molecule has 4 heteroatoms. The zero-order chi connectivity index (χ0) is 12.7. The smallest absolute Gasteiger partial charge is 0.213 e. The lowest BCUT2D eigenvalue weighted by atomic mass is 9.63. The van der Waals surface area contributed by atoms with E-state index in [1.165, 1.54) is 0 Å². The molecule has 18 heavy (non-hydrogen) atoms. The SMILES string of the molecule is COc1ccc2c(n1)C[C@@H]1CC(=O)C[C@H]2[C@H]1CO. The van der Waals surface area contributed by atoms with Crippen molar-refractivity contribution in [2.45, 2.75) is 25.2 Å². The van der Waals surface area contributed by atoms with Gasteiger partial charge in [0, 0.05) is 31.2 Å². The molecule has 0 saturated heterocycles. The van der Waals surface area contributed by atoms with Crippen LogP contribution in [0.2, 0.25) is 0 Å². The number of carbonyl (C=O) groups is 1. The molecule has 1 aromatic rings. The van der Waals surface area contributed by atoms with Gasteiger partial charge in [0.1, 0.15) is 5.78 Å². The van der Waals surface area contributed by atoms with Crippen LogP contribution in [-0.2, 0) is 11.2 Å². The van der Waals surface area contributed by atoms with Crippen molar-refractivity contribution in [1.29, 1.82) is 0 Å². The third-order valence-corrected chi connectivity index (χ3v) is 4.32. The number of aliphatic hydroxyl groups is 1. The summed E-state index contributed by atoms with van der Waals surface area (Å²) in [6.45, 7) is 0.161. The Bertz CT molecular complexity index is 486. The lowest BCUT2D eigenvalue weighted by Gasteiger charge is -2.41. The van der Waals surface area contributed by atoms with Gasteiger partial charge < -0.3 is 9.84 Å². The first kappa shape index (κ1) is 11.7. The molecule has 1 aromatic heterocycles. The Morgan fingerprint density at radius 3 is 2.94 bits per heavy atom. The summed E-state index contributed by atoms with van der Waals surface area (Å²) in [6.07, 6.45) is 1.91. The van der Waals surface area contributed by atoms with Crippen molar-refractivity contribution in [3.63, 3.8) is 0 Å². The lowest BCUT2D eigenvalue weighted by Crippen LogP contribution is -2.39. The molecule has 1 fully saturated rings. The third-order valence-electron chi connectivity index (χ3n) is 4.32. The van der Waals surface area contributed by atoms with E-state index in [0.29, 0.717) is 24.5 Å². The van der Waals surface area contributed by atoms with Crippen molar-refractivity contribution in [1.82, 2.24) is 4.98 Å². The second kappa shape index (κ2) is 4.35. The topological polar surface area (TPSA) is 59.4 Å². The van der Waals surface area contributed by atoms with Gasteiger partial charge in [-0.1, -0.05) is 6.07 Å². The minimum Gasteiger partial charge on any atom is -0.481 e. The predicted molar refractivity (Wildman–Crippen MR) is 65.5 cm³/mol. The molecule has 3 atom stereocenters. The van der Waals surface area contributed by atoms with Crippen LogP contribution in [-0.4, -0.2) is 29.6 Å². The minimum atomic E-state index is 0.142. The van der Waals surface area contributed by atoms with Gasteiger partial charge in [-0.05, 0) is 29.7 Å². The molecule has 1 N–H and O–H groups in total. The molecule has 4 nitrogen and oxygen atoms in total. The Balaban J connectivity index is 2.04. The molecule has 2 aliphatic carbocycles. The maximum atomic E-state index is 11.7. The number of fused-ring (bicyclic) bond motifs is 4. The van der Waals surface area contributed by atoms with Crippen LogP contribution in [0.5, 0.6) is 5.88 Å². The standard InChI is InChI=1S/C14H17NO3/c1-18-14-3-2-10-11-6-9(17)4-8(12(11)7-16)5-13(10)15-14/h2-3,8,11-12,16H,4-7H2,1H3/t8-,11+,12-/m0/s1. The van der Waals surface area contributed by atoms with Crippen LogP contribution < -0.4 is 4.74 Å². The van der Waals surface area contributed by atoms with Gasteiger partial charge in [0.05, 0.1) is 7.11 Å². The average Bonchev–Trinajstić information content (AvgIpc) is 2.37. The van der Waals surface area contributed by atoms with Crippen molar-refractivity contribution in [2.24, 2.45) is 11.8 Å². The van der Waals surface area contributed by atoms with E-state index in [9.17, 15) is 9.90 Å². The van der Waals surface area contributed by atoms with Crippen molar-refractivity contribution in [3.8, 4) is 5.88 Å². The molecular weight excluding hydrogens is 230 g/mol. The van der Waals surface area contributed by atoms with E-state index in [0.717, 1.165) is 17.7 Å². The summed E-state index contributed by atoms with van der Waals surface area (Å²) in [6, 6.07) is 3.84. The Labute approximate surface area is 106 Å². The molecule has 96 valence electrons. The normalized spacial score (nSPS) is 29.9. The highest BCUT2D eigenvalue weighted by Gasteiger charge is 2.42. The first-order chi connectivity index (χ1) is 8.72. The maximum absolute atomic E-state index is 11.7. The molecule has 0 aromatic carbocycles. The first-order valence-corrected chi connectivity index (χ1v) is 6.39. The number of methoxy groups -OCH3 is 1. The summed E-state index contributed by atoms with van der Waals surface area (Å²) in [7, 11) is 1.61. The van der Waals surface area contributed by atoms with Gasteiger partial charge in [0.2, 0.25) is 5.88 Å². The summed E-state index contributed by atoms with van der Waals surface area (Å²) in [4.78, 5) is 16.2. The summed E-state index contributed by atoms with van der Waals surface area (Å²) < 4.78 is 5.15. The van der Waals surface area contributed by atoms with Gasteiger partial charge >= 0.3 is 0 Å². The van der Waals surface area contributed by atoms with E-state index >= 15 is 0 Å². The number of hydrogen-bond donors (Lipinski definition) is 1. The summed E-state index contributed by atoms with van der Waals surface area (Å²) >= 11 is 0. The highest BCUT2D eigenvalue weighted by Crippen LogP contribution is 2.46. The average molecular weight is 247 g/mol. The fourth-order valence-corrected chi connectivity index (χ4v) is 3.45. The van der Waals surface area contributed by atoms with Crippen LogP contribution in [0.25, 0.3) is 0 Å². The van der Waals surface area contributed by atoms with Crippen LogP contribution in [0, 0.1) is 11.8 Å². The summed E-state index contributed by atoms with van der Waals surface area (Å²) in [5, 5.41) is 9.55. The number of nitrogens with zero attached hydrogens (tertiary/aromatic N) is 1.